The van der Waals surface area contributed by atoms with E-state index in [2.05, 4.69) is 87.1 Å². The number of benzene rings is 1. The van der Waals surface area contributed by atoms with Gasteiger partial charge in [0, 0.05) is 22.8 Å². The van der Waals surface area contributed by atoms with Crippen molar-refractivity contribution < 1.29 is 4.79 Å². The third kappa shape index (κ3) is 9.09. The Balaban J connectivity index is 0.000000220. The minimum Gasteiger partial charge on any atom is -0.348 e. The van der Waals surface area contributed by atoms with E-state index in [1.165, 1.54) is 10.4 Å². The van der Waals surface area contributed by atoms with Crippen molar-refractivity contribution in [2.24, 2.45) is 5.92 Å². The summed E-state index contributed by atoms with van der Waals surface area (Å²) in [5, 5.41) is 5.45. The molecule has 1 aromatic carbocycles. The van der Waals surface area contributed by atoms with Crippen molar-refractivity contribution in [3.63, 3.8) is 0 Å². The summed E-state index contributed by atoms with van der Waals surface area (Å²) in [6.07, 6.45) is 3.63. The number of hydrogen-bond donors (Lipinski definition) is 2. The average Bonchev–Trinajstić information content (AvgIpc) is 3.17. The van der Waals surface area contributed by atoms with E-state index in [-0.39, 0.29) is 11.8 Å². The van der Waals surface area contributed by atoms with Crippen molar-refractivity contribution in [2.75, 3.05) is 0 Å². The van der Waals surface area contributed by atoms with Crippen LogP contribution in [0.3, 0.4) is 0 Å². The standard InChI is InChI=1S/C10H14.C8H12N2O.C6H9NS/c1-10(2,3)9-7-5-4-6-8-9;1-5(2)7-4-9-6(3)10-8(7)11;1-5(2)6-3-7-4-8-6/h4-8H,1-3H3;4-5,9H,3H2,1-2H3,(H,10,11);3-5H,1-2H3. The van der Waals surface area contributed by atoms with Gasteiger partial charge in [-0.3, -0.25) is 9.78 Å². The molecule has 2 aromatic rings. The van der Waals surface area contributed by atoms with Gasteiger partial charge in [-0.1, -0.05) is 85.4 Å². The first-order valence-electron chi connectivity index (χ1n) is 9.93. The number of carbonyl (C=O) groups excluding carboxylic acids is 1. The Morgan fingerprint density at radius 3 is 2.00 bits per heavy atom. The predicted octanol–water partition coefficient (Wildman–Crippen LogP) is 5.97. The van der Waals surface area contributed by atoms with Crippen molar-refractivity contribution in [3.8, 4) is 0 Å². The molecule has 1 aliphatic rings. The van der Waals surface area contributed by atoms with Gasteiger partial charge in [0.2, 0.25) is 0 Å². The molecule has 2 N–H and O–H groups in total. The molecule has 0 spiro atoms. The van der Waals surface area contributed by atoms with Crippen LogP contribution in [0.2, 0.25) is 0 Å². The predicted molar refractivity (Wildman–Crippen MR) is 125 cm³/mol. The van der Waals surface area contributed by atoms with Crippen molar-refractivity contribution >= 4 is 17.2 Å². The first-order valence-corrected chi connectivity index (χ1v) is 10.8. The van der Waals surface area contributed by atoms with Gasteiger partial charge in [0.15, 0.2) is 0 Å². The molecule has 5 heteroatoms. The van der Waals surface area contributed by atoms with Gasteiger partial charge in [-0.15, -0.1) is 11.3 Å². The molecule has 1 aliphatic heterocycles. The Morgan fingerprint density at radius 2 is 1.66 bits per heavy atom. The summed E-state index contributed by atoms with van der Waals surface area (Å²) in [7, 11) is 0. The maximum absolute atomic E-state index is 11.2. The van der Waals surface area contributed by atoms with Crippen LogP contribution in [-0.4, -0.2) is 10.9 Å². The fourth-order valence-electron chi connectivity index (χ4n) is 2.35. The maximum Gasteiger partial charge on any atom is 0.254 e. The van der Waals surface area contributed by atoms with Crippen LogP contribution in [-0.2, 0) is 10.2 Å². The lowest BCUT2D eigenvalue weighted by atomic mass is 9.87. The fourth-order valence-corrected chi connectivity index (χ4v) is 2.99. The van der Waals surface area contributed by atoms with Gasteiger partial charge in [0.05, 0.1) is 5.51 Å². The second-order valence-corrected chi connectivity index (χ2v) is 9.42. The number of thiazole rings is 1. The molecule has 158 valence electrons. The molecule has 0 atom stereocenters. The van der Waals surface area contributed by atoms with Crippen molar-refractivity contribution in [1.29, 1.82) is 0 Å². The van der Waals surface area contributed by atoms with Crippen LogP contribution in [0, 0.1) is 5.92 Å². The third-order valence-corrected chi connectivity index (χ3v) is 5.29. The van der Waals surface area contributed by atoms with E-state index >= 15 is 0 Å². The highest BCUT2D eigenvalue weighted by atomic mass is 32.1. The molecule has 29 heavy (non-hydrogen) atoms. The Bertz CT molecular complexity index is 785. The molecule has 0 bridgehead atoms. The molecule has 0 fully saturated rings. The maximum atomic E-state index is 11.2. The summed E-state index contributed by atoms with van der Waals surface area (Å²) in [6, 6.07) is 10.6. The highest BCUT2D eigenvalue weighted by molar-refractivity contribution is 7.09. The Labute approximate surface area is 180 Å². The average molecular weight is 414 g/mol. The van der Waals surface area contributed by atoms with Crippen LogP contribution >= 0.6 is 11.3 Å². The fraction of sp³-hybridized carbons (Fsp3) is 0.417. The summed E-state index contributed by atoms with van der Waals surface area (Å²) < 4.78 is 0. The monoisotopic (exact) mass is 413 g/mol. The summed E-state index contributed by atoms with van der Waals surface area (Å²) in [5.41, 5.74) is 4.32. The first kappa shape index (κ1) is 24.6. The van der Waals surface area contributed by atoms with E-state index in [0.717, 1.165) is 5.57 Å². The molecule has 1 amide bonds. The number of amides is 1. The summed E-state index contributed by atoms with van der Waals surface area (Å²) in [6.45, 7) is 18.5. The Hall–Kier alpha value is -2.40. The number of carbonyl (C=O) groups is 1. The zero-order valence-electron chi connectivity index (χ0n) is 18.7. The molecule has 0 radical (unpaired) electrons. The summed E-state index contributed by atoms with van der Waals surface area (Å²) in [5.74, 6) is 1.38. The first-order chi connectivity index (χ1) is 13.5. The molecule has 3 rings (SSSR count). The molecular formula is C24H35N3OS. The lowest BCUT2D eigenvalue weighted by molar-refractivity contribution is -0.117. The van der Waals surface area contributed by atoms with Gasteiger partial charge in [0.25, 0.3) is 5.91 Å². The molecule has 0 saturated carbocycles. The van der Waals surface area contributed by atoms with Crippen molar-refractivity contribution in [1.82, 2.24) is 15.6 Å². The van der Waals surface area contributed by atoms with Crippen molar-refractivity contribution in [3.05, 3.63) is 76.7 Å². The summed E-state index contributed by atoms with van der Waals surface area (Å²) in [4.78, 5) is 16.5. The van der Waals surface area contributed by atoms with E-state index in [9.17, 15) is 4.79 Å². The minimum absolute atomic E-state index is 0.0521. The lowest BCUT2D eigenvalue weighted by Crippen LogP contribution is -2.36. The van der Waals surface area contributed by atoms with E-state index in [0.29, 0.717) is 17.2 Å². The highest BCUT2D eigenvalue weighted by Crippen LogP contribution is 2.20. The molecule has 1 aromatic heterocycles. The zero-order chi connectivity index (χ0) is 22.0. The van der Waals surface area contributed by atoms with Crippen LogP contribution in [0.25, 0.3) is 0 Å². The van der Waals surface area contributed by atoms with E-state index in [4.69, 9.17) is 0 Å². The number of nitrogens with one attached hydrogen (secondary N) is 2. The van der Waals surface area contributed by atoms with E-state index < -0.39 is 0 Å². The quantitative estimate of drug-likeness (QED) is 0.638. The molecule has 2 heterocycles. The van der Waals surface area contributed by atoms with E-state index in [1.807, 2.05) is 25.6 Å². The summed E-state index contributed by atoms with van der Waals surface area (Å²) >= 11 is 1.72. The topological polar surface area (TPSA) is 54.0 Å². The second kappa shape index (κ2) is 11.6. The van der Waals surface area contributed by atoms with Crippen LogP contribution in [0.15, 0.2) is 66.2 Å². The third-order valence-electron chi connectivity index (χ3n) is 4.21. The highest BCUT2D eigenvalue weighted by Gasteiger charge is 2.17. The van der Waals surface area contributed by atoms with Gasteiger partial charge in [-0.25, -0.2) is 0 Å². The molecule has 0 saturated heterocycles. The minimum atomic E-state index is -0.0521. The van der Waals surface area contributed by atoms with Crippen LogP contribution in [0.5, 0.6) is 0 Å². The number of aromatic nitrogens is 1. The number of nitrogens with zero attached hydrogens (tertiary/aromatic N) is 1. The number of hydrogen-bond acceptors (Lipinski definition) is 4. The van der Waals surface area contributed by atoms with Gasteiger partial charge in [-0.2, -0.15) is 0 Å². The van der Waals surface area contributed by atoms with Crippen molar-refractivity contribution in [2.45, 2.75) is 59.8 Å². The Kier molecular flexibility index (Phi) is 9.83. The largest absolute Gasteiger partial charge is 0.348 e. The van der Waals surface area contributed by atoms with Crippen LogP contribution in [0.4, 0.5) is 0 Å². The van der Waals surface area contributed by atoms with Gasteiger partial charge in [-0.05, 0) is 22.8 Å². The SMILES string of the molecule is C=C1NC=C(C(C)C)C(=O)N1.CC(C)(C)c1ccccc1.CC(C)c1cncs1. The molecule has 0 unspecified atom stereocenters. The van der Waals surface area contributed by atoms with Crippen LogP contribution < -0.4 is 10.6 Å². The smallest absolute Gasteiger partial charge is 0.254 e. The van der Waals surface area contributed by atoms with Crippen LogP contribution in [0.1, 0.15) is 64.8 Å². The zero-order valence-corrected chi connectivity index (χ0v) is 19.6. The lowest BCUT2D eigenvalue weighted by Gasteiger charge is -2.18. The molecule has 4 nitrogen and oxygen atoms in total. The molecule has 0 aliphatic carbocycles. The number of rotatable bonds is 2. The molecular weight excluding hydrogens is 378 g/mol. The van der Waals surface area contributed by atoms with Gasteiger partial charge < -0.3 is 10.6 Å². The van der Waals surface area contributed by atoms with Gasteiger partial charge in [0.1, 0.15) is 5.82 Å². The van der Waals surface area contributed by atoms with E-state index in [1.54, 1.807) is 17.5 Å². The second-order valence-electron chi connectivity index (χ2n) is 8.51. The normalized spacial score (nSPS) is 13.5. The Morgan fingerprint density at radius 1 is 1.03 bits per heavy atom. The van der Waals surface area contributed by atoms with Gasteiger partial charge >= 0.3 is 0 Å².